The highest BCUT2D eigenvalue weighted by molar-refractivity contribution is 6.30. The van der Waals surface area contributed by atoms with Gasteiger partial charge in [-0.25, -0.2) is 0 Å². The number of nitrogens with one attached hydrogen (secondary N) is 1. The van der Waals surface area contributed by atoms with Gasteiger partial charge in [-0.1, -0.05) is 25.4 Å². The summed E-state index contributed by atoms with van der Waals surface area (Å²) >= 11 is 5.94. The monoisotopic (exact) mass is 225 g/mol. The maximum absolute atomic E-state index is 6.01. The molecule has 0 saturated heterocycles. The summed E-state index contributed by atoms with van der Waals surface area (Å²) in [5.74, 6) is 1.31. The predicted molar refractivity (Wildman–Crippen MR) is 63.8 cm³/mol. The zero-order valence-electron chi connectivity index (χ0n) is 9.30. The summed E-state index contributed by atoms with van der Waals surface area (Å²) < 4.78 is 6.01. The maximum Gasteiger partial charge on any atom is 0.144 e. The van der Waals surface area contributed by atoms with Gasteiger partial charge in [-0.2, -0.15) is 0 Å². The van der Waals surface area contributed by atoms with Gasteiger partial charge >= 0.3 is 0 Å². The van der Waals surface area contributed by atoms with Crippen LogP contribution in [0.1, 0.15) is 20.8 Å². The summed E-state index contributed by atoms with van der Waals surface area (Å²) in [4.78, 5) is 0. The second-order valence-electron chi connectivity index (χ2n) is 4.56. The molecule has 15 heavy (non-hydrogen) atoms. The number of ether oxygens (including phenoxy) is 1. The van der Waals surface area contributed by atoms with Crippen LogP contribution in [0, 0.1) is 5.92 Å². The summed E-state index contributed by atoms with van der Waals surface area (Å²) in [6, 6.07) is 5.69. The van der Waals surface area contributed by atoms with E-state index in [-0.39, 0.29) is 5.60 Å². The Morgan fingerprint density at radius 3 is 2.87 bits per heavy atom. The topological polar surface area (TPSA) is 21.3 Å². The van der Waals surface area contributed by atoms with E-state index >= 15 is 0 Å². The first-order chi connectivity index (χ1) is 7.01. The average molecular weight is 226 g/mol. The highest BCUT2D eigenvalue weighted by atomic mass is 35.5. The van der Waals surface area contributed by atoms with E-state index in [1.165, 1.54) is 0 Å². The number of benzene rings is 1. The Morgan fingerprint density at radius 1 is 1.47 bits per heavy atom. The zero-order chi connectivity index (χ0) is 11.1. The number of fused-ring (bicyclic) bond motifs is 1. The van der Waals surface area contributed by atoms with Crippen LogP contribution < -0.4 is 10.1 Å². The zero-order valence-corrected chi connectivity index (χ0v) is 10.1. The molecule has 0 bridgehead atoms. The fourth-order valence-electron chi connectivity index (χ4n) is 1.61. The van der Waals surface area contributed by atoms with Gasteiger partial charge < -0.3 is 10.1 Å². The number of anilines is 1. The van der Waals surface area contributed by atoms with Crippen molar-refractivity contribution in [2.75, 3.05) is 11.9 Å². The van der Waals surface area contributed by atoms with Crippen LogP contribution >= 0.6 is 11.6 Å². The number of hydrogen-bond donors (Lipinski definition) is 1. The standard InChI is InChI=1S/C12H16ClNO/c1-8(2)12(3)7-14-10-5-4-9(13)6-11(10)15-12/h4-6,8,14H,7H2,1-3H3. The molecule has 0 saturated carbocycles. The Hall–Kier alpha value is -0.890. The summed E-state index contributed by atoms with van der Waals surface area (Å²) in [6.07, 6.45) is 0. The third-order valence-electron chi connectivity index (χ3n) is 3.14. The highest BCUT2D eigenvalue weighted by Crippen LogP contribution is 2.37. The van der Waals surface area contributed by atoms with Gasteiger partial charge in [0, 0.05) is 11.1 Å². The molecule has 1 heterocycles. The molecule has 3 heteroatoms. The lowest BCUT2D eigenvalue weighted by Crippen LogP contribution is -2.47. The van der Waals surface area contributed by atoms with Crippen LogP contribution in [-0.4, -0.2) is 12.1 Å². The average Bonchev–Trinajstić information content (AvgIpc) is 2.16. The number of rotatable bonds is 1. The Bertz CT molecular complexity index is 378. The number of halogens is 1. The lowest BCUT2D eigenvalue weighted by molar-refractivity contribution is 0.0476. The molecule has 1 aromatic carbocycles. The van der Waals surface area contributed by atoms with Gasteiger partial charge in [0.2, 0.25) is 0 Å². The summed E-state index contributed by atoms with van der Waals surface area (Å²) in [6.45, 7) is 7.28. The molecule has 1 N–H and O–H groups in total. The molecule has 0 fully saturated rings. The minimum Gasteiger partial charge on any atom is -0.483 e. The third-order valence-corrected chi connectivity index (χ3v) is 3.37. The Balaban J connectivity index is 2.33. The molecular weight excluding hydrogens is 210 g/mol. The van der Waals surface area contributed by atoms with Crippen LogP contribution in [-0.2, 0) is 0 Å². The van der Waals surface area contributed by atoms with Crippen LogP contribution in [0.4, 0.5) is 5.69 Å². The van der Waals surface area contributed by atoms with E-state index in [0.717, 1.165) is 18.0 Å². The normalized spacial score (nSPS) is 24.3. The highest BCUT2D eigenvalue weighted by Gasteiger charge is 2.34. The van der Waals surface area contributed by atoms with E-state index in [4.69, 9.17) is 16.3 Å². The van der Waals surface area contributed by atoms with Crippen molar-refractivity contribution in [3.8, 4) is 5.75 Å². The first kappa shape index (κ1) is 10.6. The Kier molecular flexibility index (Phi) is 2.55. The van der Waals surface area contributed by atoms with E-state index in [1.807, 2.05) is 18.2 Å². The molecule has 82 valence electrons. The number of hydrogen-bond acceptors (Lipinski definition) is 2. The van der Waals surface area contributed by atoms with Crippen LogP contribution in [0.25, 0.3) is 0 Å². The van der Waals surface area contributed by atoms with Crippen LogP contribution in [0.2, 0.25) is 5.02 Å². The first-order valence-corrected chi connectivity index (χ1v) is 5.61. The maximum atomic E-state index is 6.01. The molecule has 1 atom stereocenters. The minimum atomic E-state index is -0.155. The van der Waals surface area contributed by atoms with Crippen molar-refractivity contribution in [2.45, 2.75) is 26.4 Å². The van der Waals surface area contributed by atoms with E-state index < -0.39 is 0 Å². The molecule has 2 rings (SSSR count). The third kappa shape index (κ3) is 1.91. The SMILES string of the molecule is CC(C)C1(C)CNc2ccc(Cl)cc2O1. The van der Waals surface area contributed by atoms with Crippen molar-refractivity contribution in [3.63, 3.8) is 0 Å². The molecule has 1 aromatic rings. The van der Waals surface area contributed by atoms with Crippen molar-refractivity contribution in [1.82, 2.24) is 0 Å². The Labute approximate surface area is 95.6 Å². The molecule has 0 aromatic heterocycles. The van der Waals surface area contributed by atoms with Gasteiger partial charge in [-0.15, -0.1) is 0 Å². The van der Waals surface area contributed by atoms with Gasteiger partial charge in [0.1, 0.15) is 11.4 Å². The van der Waals surface area contributed by atoms with Gasteiger partial charge in [-0.05, 0) is 25.0 Å². The molecule has 0 spiro atoms. The van der Waals surface area contributed by atoms with Gasteiger partial charge in [0.25, 0.3) is 0 Å². The van der Waals surface area contributed by atoms with Crippen molar-refractivity contribution in [1.29, 1.82) is 0 Å². The van der Waals surface area contributed by atoms with Crippen LogP contribution in [0.5, 0.6) is 5.75 Å². The fourth-order valence-corrected chi connectivity index (χ4v) is 1.77. The molecular formula is C12H16ClNO. The van der Waals surface area contributed by atoms with Gasteiger partial charge in [0.15, 0.2) is 0 Å². The van der Waals surface area contributed by atoms with Crippen molar-refractivity contribution < 1.29 is 4.74 Å². The molecule has 0 aliphatic carbocycles. The largest absolute Gasteiger partial charge is 0.483 e. The molecule has 2 nitrogen and oxygen atoms in total. The van der Waals surface area contributed by atoms with E-state index in [9.17, 15) is 0 Å². The second-order valence-corrected chi connectivity index (χ2v) is 5.00. The van der Waals surface area contributed by atoms with E-state index in [2.05, 4.69) is 26.1 Å². The second kappa shape index (κ2) is 3.60. The molecule has 1 unspecified atom stereocenters. The van der Waals surface area contributed by atoms with Crippen molar-refractivity contribution >= 4 is 17.3 Å². The van der Waals surface area contributed by atoms with Crippen LogP contribution in [0.3, 0.4) is 0 Å². The van der Waals surface area contributed by atoms with Gasteiger partial charge in [-0.3, -0.25) is 0 Å². The van der Waals surface area contributed by atoms with Gasteiger partial charge in [0.05, 0.1) is 12.2 Å². The summed E-state index contributed by atoms with van der Waals surface area (Å²) in [7, 11) is 0. The minimum absolute atomic E-state index is 0.155. The lowest BCUT2D eigenvalue weighted by Gasteiger charge is -2.39. The smallest absolute Gasteiger partial charge is 0.144 e. The van der Waals surface area contributed by atoms with Crippen LogP contribution in [0.15, 0.2) is 18.2 Å². The lowest BCUT2D eigenvalue weighted by atomic mass is 9.91. The molecule has 0 radical (unpaired) electrons. The van der Waals surface area contributed by atoms with Crippen molar-refractivity contribution in [3.05, 3.63) is 23.2 Å². The molecule has 1 aliphatic rings. The van der Waals surface area contributed by atoms with E-state index in [0.29, 0.717) is 10.9 Å². The van der Waals surface area contributed by atoms with E-state index in [1.54, 1.807) is 0 Å². The Morgan fingerprint density at radius 2 is 2.20 bits per heavy atom. The quantitative estimate of drug-likeness (QED) is 0.789. The summed E-state index contributed by atoms with van der Waals surface area (Å²) in [5.41, 5.74) is 0.870. The fraction of sp³-hybridized carbons (Fsp3) is 0.500. The predicted octanol–water partition coefficient (Wildman–Crippen LogP) is 3.56. The first-order valence-electron chi connectivity index (χ1n) is 5.24. The molecule has 0 amide bonds. The van der Waals surface area contributed by atoms with Crippen molar-refractivity contribution in [2.24, 2.45) is 5.92 Å². The molecule has 1 aliphatic heterocycles. The summed E-state index contributed by atoms with van der Waals surface area (Å²) in [5, 5.41) is 4.09.